The maximum absolute atomic E-state index is 12.3. The zero-order valence-corrected chi connectivity index (χ0v) is 12.8. The minimum atomic E-state index is -0.325. The smallest absolute Gasteiger partial charge is 0.251 e. The average molecular weight is 284 g/mol. The second-order valence-electron chi connectivity index (χ2n) is 5.75. The van der Waals surface area contributed by atoms with E-state index in [1.165, 1.54) is 0 Å². The number of ether oxygens (including phenoxy) is 2. The molecule has 1 unspecified atom stereocenters. The highest BCUT2D eigenvalue weighted by Crippen LogP contribution is 2.22. The van der Waals surface area contributed by atoms with Gasteiger partial charge in [0.15, 0.2) is 0 Å². The van der Waals surface area contributed by atoms with Crippen LogP contribution in [-0.2, 0) is 14.3 Å². The number of nitrogens with zero attached hydrogens (tertiary/aromatic N) is 1. The highest BCUT2D eigenvalue weighted by molar-refractivity contribution is 5.80. The Morgan fingerprint density at radius 2 is 1.95 bits per heavy atom. The molecule has 0 bridgehead atoms. The number of rotatable bonds is 5. The number of hydrogen-bond donors (Lipinski definition) is 1. The van der Waals surface area contributed by atoms with E-state index in [4.69, 9.17) is 9.47 Å². The van der Waals surface area contributed by atoms with E-state index in [9.17, 15) is 4.79 Å². The molecule has 0 spiro atoms. The first-order chi connectivity index (χ1) is 9.70. The summed E-state index contributed by atoms with van der Waals surface area (Å²) in [6, 6.07) is 0.630. The van der Waals surface area contributed by atoms with Crippen molar-refractivity contribution in [3.05, 3.63) is 0 Å². The second-order valence-corrected chi connectivity index (χ2v) is 5.75. The molecule has 1 aliphatic carbocycles. The van der Waals surface area contributed by atoms with Crippen LogP contribution in [0.2, 0.25) is 0 Å². The zero-order valence-electron chi connectivity index (χ0n) is 12.8. The summed E-state index contributed by atoms with van der Waals surface area (Å²) >= 11 is 0. The quantitative estimate of drug-likeness (QED) is 0.823. The van der Waals surface area contributed by atoms with Crippen LogP contribution in [0.4, 0.5) is 0 Å². The predicted molar refractivity (Wildman–Crippen MR) is 77.7 cm³/mol. The maximum atomic E-state index is 12.3. The van der Waals surface area contributed by atoms with Crippen LogP contribution in [0, 0.1) is 0 Å². The van der Waals surface area contributed by atoms with Crippen molar-refractivity contribution in [2.75, 3.05) is 32.8 Å². The van der Waals surface area contributed by atoms with Gasteiger partial charge >= 0.3 is 0 Å². The largest absolute Gasteiger partial charge is 0.378 e. The van der Waals surface area contributed by atoms with Gasteiger partial charge in [0.1, 0.15) is 6.10 Å². The molecule has 0 aromatic heterocycles. The van der Waals surface area contributed by atoms with Crippen molar-refractivity contribution < 1.29 is 14.3 Å². The number of carbonyl (C=O) groups excluding carboxylic acids is 1. The van der Waals surface area contributed by atoms with Gasteiger partial charge in [0.25, 0.3) is 5.91 Å². The fraction of sp³-hybridized carbons (Fsp3) is 0.933. The Morgan fingerprint density at radius 3 is 2.55 bits per heavy atom. The minimum Gasteiger partial charge on any atom is -0.378 e. The van der Waals surface area contributed by atoms with E-state index >= 15 is 0 Å². The molecule has 1 saturated carbocycles. The van der Waals surface area contributed by atoms with Crippen molar-refractivity contribution >= 4 is 5.91 Å². The van der Waals surface area contributed by atoms with Crippen LogP contribution in [0.15, 0.2) is 0 Å². The van der Waals surface area contributed by atoms with Gasteiger partial charge in [0.2, 0.25) is 0 Å². The lowest BCUT2D eigenvalue weighted by molar-refractivity contribution is -0.151. The van der Waals surface area contributed by atoms with Crippen molar-refractivity contribution in [3.63, 3.8) is 0 Å². The first-order valence-electron chi connectivity index (χ1n) is 7.96. The Kier molecular flexibility index (Phi) is 6.26. The molecule has 0 radical (unpaired) electrons. The molecule has 5 nitrogen and oxygen atoms in total. The van der Waals surface area contributed by atoms with Crippen LogP contribution in [0.3, 0.4) is 0 Å². The molecule has 0 aromatic rings. The lowest BCUT2D eigenvalue weighted by Gasteiger charge is -2.33. The monoisotopic (exact) mass is 284 g/mol. The molecule has 1 aliphatic heterocycles. The van der Waals surface area contributed by atoms with Crippen LogP contribution in [0.25, 0.3) is 0 Å². The average Bonchev–Trinajstić information content (AvgIpc) is 2.49. The summed E-state index contributed by atoms with van der Waals surface area (Å²) in [6.07, 6.45) is 4.32. The van der Waals surface area contributed by atoms with E-state index in [2.05, 4.69) is 12.2 Å². The van der Waals surface area contributed by atoms with Crippen molar-refractivity contribution in [3.8, 4) is 0 Å². The van der Waals surface area contributed by atoms with Crippen LogP contribution in [0.1, 0.15) is 39.5 Å². The molecule has 116 valence electrons. The molecule has 2 aliphatic rings. The third-order valence-electron chi connectivity index (χ3n) is 4.23. The lowest BCUT2D eigenvalue weighted by atomic mass is 9.93. The van der Waals surface area contributed by atoms with E-state index in [0.717, 1.165) is 32.2 Å². The molecule has 1 amide bonds. The topological polar surface area (TPSA) is 50.8 Å². The van der Waals surface area contributed by atoms with Crippen LogP contribution in [-0.4, -0.2) is 61.9 Å². The Morgan fingerprint density at radius 1 is 1.30 bits per heavy atom. The summed E-state index contributed by atoms with van der Waals surface area (Å²) in [5, 5.41) is 3.49. The molecule has 1 heterocycles. The van der Waals surface area contributed by atoms with Crippen molar-refractivity contribution in [1.82, 2.24) is 10.2 Å². The summed E-state index contributed by atoms with van der Waals surface area (Å²) in [4.78, 5) is 14.1. The summed E-state index contributed by atoms with van der Waals surface area (Å²) in [5.74, 6) is 0.113. The predicted octanol–water partition coefficient (Wildman–Crippen LogP) is 1.17. The SMILES string of the molecule is CCNC1CCC(OC(C)C(=O)N2CCOCC2)CC1. The molecule has 20 heavy (non-hydrogen) atoms. The molecule has 2 rings (SSSR count). The van der Waals surface area contributed by atoms with E-state index in [1.807, 2.05) is 11.8 Å². The standard InChI is InChI=1S/C15H28N2O3/c1-3-16-13-4-6-14(7-5-13)20-12(2)15(18)17-8-10-19-11-9-17/h12-14,16H,3-11H2,1-2H3. The highest BCUT2D eigenvalue weighted by Gasteiger charge is 2.27. The normalized spacial score (nSPS) is 29.2. The van der Waals surface area contributed by atoms with Gasteiger partial charge in [-0.05, 0) is 39.2 Å². The third kappa shape index (κ3) is 4.43. The summed E-state index contributed by atoms with van der Waals surface area (Å²) in [7, 11) is 0. The van der Waals surface area contributed by atoms with Gasteiger partial charge in [-0.1, -0.05) is 6.92 Å². The highest BCUT2D eigenvalue weighted by atomic mass is 16.5. The van der Waals surface area contributed by atoms with Gasteiger partial charge in [-0.15, -0.1) is 0 Å². The number of amides is 1. The molecule has 1 saturated heterocycles. The van der Waals surface area contributed by atoms with Crippen molar-refractivity contribution in [2.45, 2.75) is 57.8 Å². The zero-order chi connectivity index (χ0) is 14.4. The molecule has 0 aromatic carbocycles. The lowest BCUT2D eigenvalue weighted by Crippen LogP contribution is -2.46. The van der Waals surface area contributed by atoms with E-state index in [0.29, 0.717) is 32.3 Å². The molecule has 1 atom stereocenters. The van der Waals surface area contributed by atoms with Gasteiger partial charge in [0.05, 0.1) is 19.3 Å². The molecule has 2 fully saturated rings. The Balaban J connectivity index is 1.71. The Hall–Kier alpha value is -0.650. The summed E-state index contributed by atoms with van der Waals surface area (Å²) in [6.45, 7) is 7.74. The second kappa shape index (κ2) is 7.96. The third-order valence-corrected chi connectivity index (χ3v) is 4.23. The Bertz CT molecular complexity index is 297. The van der Waals surface area contributed by atoms with E-state index < -0.39 is 0 Å². The van der Waals surface area contributed by atoms with Crippen LogP contribution >= 0.6 is 0 Å². The fourth-order valence-corrected chi connectivity index (χ4v) is 3.08. The first kappa shape index (κ1) is 15.7. The van der Waals surface area contributed by atoms with Gasteiger partial charge < -0.3 is 19.7 Å². The van der Waals surface area contributed by atoms with Gasteiger partial charge in [-0.3, -0.25) is 4.79 Å². The molecule has 1 N–H and O–H groups in total. The number of hydrogen-bond acceptors (Lipinski definition) is 4. The molecular weight excluding hydrogens is 256 g/mol. The van der Waals surface area contributed by atoms with Crippen LogP contribution < -0.4 is 5.32 Å². The van der Waals surface area contributed by atoms with Crippen LogP contribution in [0.5, 0.6) is 0 Å². The van der Waals surface area contributed by atoms with E-state index in [-0.39, 0.29) is 18.1 Å². The summed E-state index contributed by atoms with van der Waals surface area (Å²) < 4.78 is 11.2. The van der Waals surface area contributed by atoms with Gasteiger partial charge in [-0.25, -0.2) is 0 Å². The van der Waals surface area contributed by atoms with E-state index in [1.54, 1.807) is 0 Å². The van der Waals surface area contributed by atoms with Crippen molar-refractivity contribution in [2.24, 2.45) is 0 Å². The van der Waals surface area contributed by atoms with Gasteiger partial charge in [-0.2, -0.15) is 0 Å². The summed E-state index contributed by atoms with van der Waals surface area (Å²) in [5.41, 5.74) is 0. The van der Waals surface area contributed by atoms with Crippen molar-refractivity contribution in [1.29, 1.82) is 0 Å². The van der Waals surface area contributed by atoms with Gasteiger partial charge in [0, 0.05) is 19.1 Å². The minimum absolute atomic E-state index is 0.113. The first-order valence-corrected chi connectivity index (χ1v) is 7.96. The fourth-order valence-electron chi connectivity index (χ4n) is 3.08. The Labute approximate surface area is 122 Å². The maximum Gasteiger partial charge on any atom is 0.251 e. The number of morpholine rings is 1. The molecular formula is C15H28N2O3. The number of nitrogens with one attached hydrogen (secondary N) is 1. The number of carbonyl (C=O) groups is 1. The molecule has 5 heteroatoms.